The molecule has 2 heterocycles. The molecule has 1 aromatic rings. The zero-order valence-corrected chi connectivity index (χ0v) is 12.8. The van der Waals surface area contributed by atoms with Gasteiger partial charge >= 0.3 is 0 Å². The molecule has 1 aliphatic rings. The summed E-state index contributed by atoms with van der Waals surface area (Å²) in [6, 6.07) is 0. The van der Waals surface area contributed by atoms with E-state index < -0.39 is 0 Å². The van der Waals surface area contributed by atoms with Gasteiger partial charge in [0.2, 0.25) is 5.91 Å². The smallest absolute Gasteiger partial charge is 0.254 e. The minimum absolute atomic E-state index is 0.0324. The number of amides is 1. The number of rotatable bonds is 5. The minimum Gasteiger partial charge on any atom is -0.378 e. The fraction of sp³-hybridized carbons (Fsp3) is 0.667. The second kappa shape index (κ2) is 7.36. The van der Waals surface area contributed by atoms with Gasteiger partial charge in [0.05, 0.1) is 19.6 Å². The van der Waals surface area contributed by atoms with Gasteiger partial charge in [0.1, 0.15) is 5.82 Å². The Hall–Kier alpha value is -1.69. The van der Waals surface area contributed by atoms with Crippen molar-refractivity contribution in [1.29, 1.82) is 0 Å². The van der Waals surface area contributed by atoms with Crippen LogP contribution in [0.3, 0.4) is 0 Å². The molecular formula is C15H23N3O3. The van der Waals surface area contributed by atoms with Crippen molar-refractivity contribution in [3.63, 3.8) is 0 Å². The zero-order chi connectivity index (χ0) is 15.2. The molecule has 0 bridgehead atoms. The number of aromatic nitrogens is 2. The Morgan fingerprint density at radius 2 is 2.10 bits per heavy atom. The summed E-state index contributed by atoms with van der Waals surface area (Å²) < 4.78 is 5.23. The Morgan fingerprint density at radius 1 is 1.38 bits per heavy atom. The van der Waals surface area contributed by atoms with E-state index in [0.29, 0.717) is 43.4 Å². The number of aromatic amines is 1. The Bertz CT molecular complexity index is 548. The normalized spacial score (nSPS) is 15.2. The number of nitrogens with zero attached hydrogens (tertiary/aromatic N) is 2. The van der Waals surface area contributed by atoms with Gasteiger partial charge in [0.15, 0.2) is 0 Å². The molecule has 0 aliphatic carbocycles. The van der Waals surface area contributed by atoms with Gasteiger partial charge in [-0.1, -0.05) is 13.3 Å². The molecule has 1 amide bonds. The number of aryl methyl sites for hydroxylation is 2. The first-order chi connectivity index (χ1) is 10.1. The quantitative estimate of drug-likeness (QED) is 0.872. The summed E-state index contributed by atoms with van der Waals surface area (Å²) in [5.41, 5.74) is 0.952. The molecule has 0 aromatic carbocycles. The molecule has 0 saturated carbocycles. The fourth-order valence-corrected chi connectivity index (χ4v) is 2.42. The van der Waals surface area contributed by atoms with E-state index in [-0.39, 0.29) is 17.9 Å². The first-order valence-electron chi connectivity index (χ1n) is 7.56. The number of hydrogen-bond acceptors (Lipinski definition) is 4. The number of hydrogen-bond donors (Lipinski definition) is 1. The molecule has 1 saturated heterocycles. The van der Waals surface area contributed by atoms with Crippen molar-refractivity contribution in [2.24, 2.45) is 0 Å². The Labute approximate surface area is 124 Å². The van der Waals surface area contributed by atoms with E-state index in [1.165, 1.54) is 0 Å². The molecule has 1 aliphatic heterocycles. The maximum absolute atomic E-state index is 12.2. The van der Waals surface area contributed by atoms with Crippen LogP contribution in [0.15, 0.2) is 4.79 Å². The first kappa shape index (κ1) is 15.7. The van der Waals surface area contributed by atoms with Gasteiger partial charge in [0, 0.05) is 30.8 Å². The SMILES string of the molecule is CCCCc1nc(C)c(CC(=O)N2CCOCC2)c(=O)[nH]1. The number of morpholine rings is 1. The molecule has 6 nitrogen and oxygen atoms in total. The molecule has 0 atom stereocenters. The van der Waals surface area contributed by atoms with Crippen molar-refractivity contribution in [2.45, 2.75) is 39.5 Å². The molecule has 1 fully saturated rings. The fourth-order valence-electron chi connectivity index (χ4n) is 2.42. The Balaban J connectivity index is 2.09. The van der Waals surface area contributed by atoms with E-state index >= 15 is 0 Å². The molecular weight excluding hydrogens is 270 g/mol. The van der Waals surface area contributed by atoms with Crippen LogP contribution in [0.1, 0.15) is 36.8 Å². The van der Waals surface area contributed by atoms with Gasteiger partial charge in [0.25, 0.3) is 5.56 Å². The summed E-state index contributed by atoms with van der Waals surface area (Å²) in [6.45, 7) is 6.22. The summed E-state index contributed by atoms with van der Waals surface area (Å²) in [7, 11) is 0. The maximum atomic E-state index is 12.2. The molecule has 0 spiro atoms. The monoisotopic (exact) mass is 293 g/mol. The van der Waals surface area contributed by atoms with E-state index in [9.17, 15) is 9.59 Å². The standard InChI is InChI=1S/C15H23N3O3/c1-3-4-5-13-16-11(2)12(15(20)17-13)10-14(19)18-6-8-21-9-7-18/h3-10H2,1-2H3,(H,16,17,20). The van der Waals surface area contributed by atoms with Crippen LogP contribution < -0.4 is 5.56 Å². The van der Waals surface area contributed by atoms with E-state index in [1.807, 2.05) is 0 Å². The molecule has 6 heteroatoms. The summed E-state index contributed by atoms with van der Waals surface area (Å²) in [5, 5.41) is 0. The number of unbranched alkanes of at least 4 members (excludes halogenated alkanes) is 1. The molecule has 116 valence electrons. The molecule has 1 N–H and O–H groups in total. The van der Waals surface area contributed by atoms with Crippen LogP contribution in [0.5, 0.6) is 0 Å². The highest BCUT2D eigenvalue weighted by Gasteiger charge is 2.20. The van der Waals surface area contributed by atoms with Crippen LogP contribution in [-0.4, -0.2) is 47.1 Å². The van der Waals surface area contributed by atoms with E-state index in [2.05, 4.69) is 16.9 Å². The van der Waals surface area contributed by atoms with Crippen LogP contribution >= 0.6 is 0 Å². The highest BCUT2D eigenvalue weighted by atomic mass is 16.5. The van der Waals surface area contributed by atoms with Crippen molar-refractivity contribution in [2.75, 3.05) is 26.3 Å². The summed E-state index contributed by atoms with van der Waals surface area (Å²) in [4.78, 5) is 33.3. The topological polar surface area (TPSA) is 75.3 Å². The molecule has 2 rings (SSSR count). The number of carbonyl (C=O) groups excluding carboxylic acids is 1. The Kier molecular flexibility index (Phi) is 5.50. The lowest BCUT2D eigenvalue weighted by atomic mass is 10.1. The number of ether oxygens (including phenoxy) is 1. The van der Waals surface area contributed by atoms with Crippen molar-refractivity contribution >= 4 is 5.91 Å². The predicted octanol–water partition coefficient (Wildman–Crippen LogP) is 0.822. The maximum Gasteiger partial charge on any atom is 0.254 e. The molecule has 0 unspecified atom stereocenters. The van der Waals surface area contributed by atoms with Gasteiger partial charge in [-0.15, -0.1) is 0 Å². The first-order valence-corrected chi connectivity index (χ1v) is 7.56. The van der Waals surface area contributed by atoms with Crippen molar-refractivity contribution < 1.29 is 9.53 Å². The number of H-pyrrole nitrogens is 1. The third kappa shape index (κ3) is 4.14. The van der Waals surface area contributed by atoms with E-state index in [0.717, 1.165) is 19.3 Å². The summed E-state index contributed by atoms with van der Waals surface area (Å²) >= 11 is 0. The number of nitrogens with one attached hydrogen (secondary N) is 1. The van der Waals surface area contributed by atoms with Crippen LogP contribution in [0.2, 0.25) is 0 Å². The van der Waals surface area contributed by atoms with E-state index in [4.69, 9.17) is 4.74 Å². The van der Waals surface area contributed by atoms with Crippen molar-refractivity contribution in [1.82, 2.24) is 14.9 Å². The second-order valence-electron chi connectivity index (χ2n) is 5.35. The van der Waals surface area contributed by atoms with Gasteiger partial charge in [-0.2, -0.15) is 0 Å². The lowest BCUT2D eigenvalue weighted by Crippen LogP contribution is -2.42. The molecule has 0 radical (unpaired) electrons. The third-order valence-corrected chi connectivity index (χ3v) is 3.73. The van der Waals surface area contributed by atoms with Crippen LogP contribution in [0.4, 0.5) is 0 Å². The third-order valence-electron chi connectivity index (χ3n) is 3.73. The highest BCUT2D eigenvalue weighted by Crippen LogP contribution is 2.06. The molecule has 21 heavy (non-hydrogen) atoms. The van der Waals surface area contributed by atoms with Crippen LogP contribution in [0.25, 0.3) is 0 Å². The zero-order valence-electron chi connectivity index (χ0n) is 12.8. The van der Waals surface area contributed by atoms with Gasteiger partial charge < -0.3 is 14.6 Å². The lowest BCUT2D eigenvalue weighted by molar-refractivity contribution is -0.134. The number of carbonyl (C=O) groups is 1. The van der Waals surface area contributed by atoms with Gasteiger partial charge in [-0.3, -0.25) is 9.59 Å². The average Bonchev–Trinajstić information content (AvgIpc) is 2.49. The lowest BCUT2D eigenvalue weighted by Gasteiger charge is -2.26. The van der Waals surface area contributed by atoms with Gasteiger partial charge in [-0.25, -0.2) is 4.98 Å². The predicted molar refractivity (Wildman–Crippen MR) is 79.3 cm³/mol. The van der Waals surface area contributed by atoms with E-state index in [1.54, 1.807) is 11.8 Å². The summed E-state index contributed by atoms with van der Waals surface area (Å²) in [5.74, 6) is 0.678. The summed E-state index contributed by atoms with van der Waals surface area (Å²) in [6.07, 6.45) is 2.93. The van der Waals surface area contributed by atoms with Crippen molar-refractivity contribution in [3.05, 3.63) is 27.4 Å². The highest BCUT2D eigenvalue weighted by molar-refractivity contribution is 5.79. The average molecular weight is 293 g/mol. The minimum atomic E-state index is -0.185. The van der Waals surface area contributed by atoms with Crippen LogP contribution in [0, 0.1) is 6.92 Å². The Morgan fingerprint density at radius 3 is 2.71 bits per heavy atom. The molecule has 1 aromatic heterocycles. The van der Waals surface area contributed by atoms with Crippen LogP contribution in [-0.2, 0) is 22.4 Å². The van der Waals surface area contributed by atoms with Gasteiger partial charge in [-0.05, 0) is 13.3 Å². The van der Waals surface area contributed by atoms with Crippen molar-refractivity contribution in [3.8, 4) is 0 Å². The largest absolute Gasteiger partial charge is 0.378 e. The second-order valence-corrected chi connectivity index (χ2v) is 5.35.